The van der Waals surface area contributed by atoms with E-state index < -0.39 is 0 Å². The summed E-state index contributed by atoms with van der Waals surface area (Å²) in [6.45, 7) is 9.91. The minimum Gasteiger partial charge on any atom is -0.310 e. The second kappa shape index (κ2) is 2.80. The highest BCUT2D eigenvalue weighted by Crippen LogP contribution is 2.65. The van der Waals surface area contributed by atoms with Gasteiger partial charge in [0.25, 0.3) is 0 Å². The molecule has 3 aliphatic rings. The smallest absolute Gasteiger partial charge is 0.0132 e. The van der Waals surface area contributed by atoms with Crippen LogP contribution in [0.15, 0.2) is 0 Å². The molecule has 1 nitrogen and oxygen atoms in total. The van der Waals surface area contributed by atoms with Gasteiger partial charge in [0.2, 0.25) is 0 Å². The van der Waals surface area contributed by atoms with Crippen LogP contribution in [0.25, 0.3) is 0 Å². The first-order valence-corrected chi connectivity index (χ1v) is 6.71. The number of fused-ring (bicyclic) bond motifs is 2. The predicted octanol–water partition coefficient (Wildman–Crippen LogP) is 3.20. The minimum atomic E-state index is 0.569. The Hall–Kier alpha value is -0.0400. The fourth-order valence-electron chi connectivity index (χ4n) is 4.27. The molecule has 0 radical (unpaired) electrons. The van der Waals surface area contributed by atoms with Crippen molar-refractivity contribution in [3.63, 3.8) is 0 Å². The average molecular weight is 207 g/mol. The van der Waals surface area contributed by atoms with Gasteiger partial charge in [-0.1, -0.05) is 27.7 Å². The Morgan fingerprint density at radius 2 is 1.80 bits per heavy atom. The molecular weight excluding hydrogens is 182 g/mol. The lowest BCUT2D eigenvalue weighted by molar-refractivity contribution is 0.120. The van der Waals surface area contributed by atoms with E-state index >= 15 is 0 Å². The Labute approximate surface area is 94.0 Å². The molecule has 15 heavy (non-hydrogen) atoms. The Bertz CT molecular complexity index is 283. The van der Waals surface area contributed by atoms with Crippen molar-refractivity contribution in [1.29, 1.82) is 0 Å². The van der Waals surface area contributed by atoms with Gasteiger partial charge in [0, 0.05) is 12.1 Å². The van der Waals surface area contributed by atoms with Gasteiger partial charge in [0.05, 0.1) is 0 Å². The van der Waals surface area contributed by atoms with Gasteiger partial charge < -0.3 is 5.32 Å². The molecule has 5 atom stereocenters. The van der Waals surface area contributed by atoms with Crippen LogP contribution < -0.4 is 5.32 Å². The summed E-state index contributed by atoms with van der Waals surface area (Å²) < 4.78 is 0. The Morgan fingerprint density at radius 3 is 2.20 bits per heavy atom. The summed E-state index contributed by atoms with van der Waals surface area (Å²) in [5, 5.41) is 3.93. The SMILES string of the molecule is CC1CC1NC1CC2CC[C@@]1(C)C2(C)C. The molecule has 0 saturated heterocycles. The lowest BCUT2D eigenvalue weighted by Crippen LogP contribution is -2.45. The summed E-state index contributed by atoms with van der Waals surface area (Å²) >= 11 is 0. The highest BCUT2D eigenvalue weighted by atomic mass is 15.0. The van der Waals surface area contributed by atoms with Crippen molar-refractivity contribution < 1.29 is 0 Å². The first kappa shape index (κ1) is 10.1. The zero-order valence-electron chi connectivity index (χ0n) is 10.6. The van der Waals surface area contributed by atoms with E-state index in [1.54, 1.807) is 0 Å². The molecule has 3 rings (SSSR count). The Morgan fingerprint density at radius 1 is 1.13 bits per heavy atom. The van der Waals surface area contributed by atoms with Crippen molar-refractivity contribution in [3.05, 3.63) is 0 Å². The standard InChI is InChI=1S/C14H25N/c1-9-7-11(9)15-12-8-10-5-6-14(12,4)13(10,2)3/h9-12,15H,5-8H2,1-4H3/t9?,10?,11?,12?,14-/m1/s1. The highest BCUT2D eigenvalue weighted by Gasteiger charge is 2.61. The number of hydrogen-bond donors (Lipinski definition) is 1. The third-order valence-corrected chi connectivity index (χ3v) is 6.32. The van der Waals surface area contributed by atoms with Crippen LogP contribution in [0.1, 0.15) is 53.4 Å². The Balaban J connectivity index is 1.77. The first-order valence-electron chi connectivity index (χ1n) is 6.71. The van der Waals surface area contributed by atoms with Crippen LogP contribution in [-0.4, -0.2) is 12.1 Å². The van der Waals surface area contributed by atoms with Gasteiger partial charge in [-0.25, -0.2) is 0 Å². The fraction of sp³-hybridized carbons (Fsp3) is 1.00. The van der Waals surface area contributed by atoms with Gasteiger partial charge in [0.1, 0.15) is 0 Å². The number of nitrogens with one attached hydrogen (secondary N) is 1. The molecule has 2 bridgehead atoms. The van der Waals surface area contributed by atoms with Gasteiger partial charge in [-0.15, -0.1) is 0 Å². The van der Waals surface area contributed by atoms with Crippen LogP contribution in [0.5, 0.6) is 0 Å². The van der Waals surface area contributed by atoms with Crippen molar-refractivity contribution in [2.45, 2.75) is 65.5 Å². The summed E-state index contributed by atoms with van der Waals surface area (Å²) in [5.41, 5.74) is 1.14. The zero-order chi connectivity index (χ0) is 10.8. The molecule has 0 aromatic heterocycles. The molecule has 1 N–H and O–H groups in total. The Kier molecular flexibility index (Phi) is 1.89. The molecule has 86 valence electrons. The van der Waals surface area contributed by atoms with E-state index in [9.17, 15) is 0 Å². The van der Waals surface area contributed by atoms with Crippen LogP contribution in [0.2, 0.25) is 0 Å². The van der Waals surface area contributed by atoms with E-state index in [1.807, 2.05) is 0 Å². The molecule has 0 aromatic rings. The summed E-state index contributed by atoms with van der Waals surface area (Å²) in [5.74, 6) is 1.92. The van der Waals surface area contributed by atoms with Gasteiger partial charge in [-0.05, 0) is 48.3 Å². The van der Waals surface area contributed by atoms with Crippen molar-refractivity contribution in [1.82, 2.24) is 5.32 Å². The molecule has 0 heterocycles. The van der Waals surface area contributed by atoms with Crippen molar-refractivity contribution in [2.24, 2.45) is 22.7 Å². The molecular formula is C14H25N. The molecule has 0 spiro atoms. The third-order valence-electron chi connectivity index (χ3n) is 6.32. The van der Waals surface area contributed by atoms with Crippen LogP contribution in [0, 0.1) is 22.7 Å². The lowest BCUT2D eigenvalue weighted by Gasteiger charge is -2.39. The van der Waals surface area contributed by atoms with Gasteiger partial charge >= 0.3 is 0 Å². The summed E-state index contributed by atoms with van der Waals surface area (Å²) in [7, 11) is 0. The summed E-state index contributed by atoms with van der Waals surface area (Å²) in [6.07, 6.45) is 5.77. The average Bonchev–Trinajstić information content (AvgIpc) is 2.75. The summed E-state index contributed by atoms with van der Waals surface area (Å²) in [6, 6.07) is 1.66. The van der Waals surface area contributed by atoms with Gasteiger partial charge in [-0.3, -0.25) is 0 Å². The molecule has 0 aromatic carbocycles. The maximum atomic E-state index is 3.93. The fourth-order valence-corrected chi connectivity index (χ4v) is 4.27. The van der Waals surface area contributed by atoms with E-state index in [-0.39, 0.29) is 0 Å². The first-order chi connectivity index (χ1) is 6.95. The van der Waals surface area contributed by atoms with E-state index in [4.69, 9.17) is 0 Å². The molecule has 3 saturated carbocycles. The highest BCUT2D eigenvalue weighted by molar-refractivity contribution is 5.14. The van der Waals surface area contributed by atoms with Crippen LogP contribution >= 0.6 is 0 Å². The van der Waals surface area contributed by atoms with Gasteiger partial charge in [-0.2, -0.15) is 0 Å². The van der Waals surface area contributed by atoms with Crippen LogP contribution in [0.3, 0.4) is 0 Å². The molecule has 3 fully saturated rings. The number of hydrogen-bond acceptors (Lipinski definition) is 1. The van der Waals surface area contributed by atoms with Crippen LogP contribution in [-0.2, 0) is 0 Å². The predicted molar refractivity (Wildman–Crippen MR) is 63.7 cm³/mol. The normalized spacial score (nSPS) is 56.0. The van der Waals surface area contributed by atoms with E-state index in [1.165, 1.54) is 25.7 Å². The van der Waals surface area contributed by atoms with E-state index in [0.717, 1.165) is 23.9 Å². The second-order valence-electron chi connectivity index (χ2n) is 7.15. The summed E-state index contributed by atoms with van der Waals surface area (Å²) in [4.78, 5) is 0. The van der Waals surface area contributed by atoms with E-state index in [2.05, 4.69) is 33.0 Å². The van der Waals surface area contributed by atoms with Crippen molar-refractivity contribution >= 4 is 0 Å². The van der Waals surface area contributed by atoms with Crippen molar-refractivity contribution in [2.75, 3.05) is 0 Å². The topological polar surface area (TPSA) is 12.0 Å². The molecule has 4 unspecified atom stereocenters. The monoisotopic (exact) mass is 207 g/mol. The zero-order valence-corrected chi connectivity index (χ0v) is 10.6. The molecule has 3 aliphatic carbocycles. The van der Waals surface area contributed by atoms with Gasteiger partial charge in [0.15, 0.2) is 0 Å². The molecule has 0 aliphatic heterocycles. The third kappa shape index (κ3) is 1.19. The van der Waals surface area contributed by atoms with Crippen molar-refractivity contribution in [3.8, 4) is 0 Å². The maximum Gasteiger partial charge on any atom is 0.0132 e. The quantitative estimate of drug-likeness (QED) is 0.733. The second-order valence-corrected chi connectivity index (χ2v) is 7.15. The minimum absolute atomic E-state index is 0.569. The largest absolute Gasteiger partial charge is 0.310 e. The van der Waals surface area contributed by atoms with Crippen LogP contribution in [0.4, 0.5) is 0 Å². The van der Waals surface area contributed by atoms with E-state index in [0.29, 0.717) is 10.8 Å². The number of rotatable bonds is 2. The lowest BCUT2D eigenvalue weighted by atomic mass is 9.69. The molecule has 1 heteroatoms. The molecule has 0 amide bonds. The maximum absolute atomic E-state index is 3.93.